The van der Waals surface area contributed by atoms with E-state index in [2.05, 4.69) is 4.98 Å². The van der Waals surface area contributed by atoms with Gasteiger partial charge in [0.25, 0.3) is 0 Å². The lowest BCUT2D eigenvalue weighted by atomic mass is 10.3. The van der Waals surface area contributed by atoms with Gasteiger partial charge in [-0.15, -0.1) is 0 Å². The van der Waals surface area contributed by atoms with Gasteiger partial charge in [-0.1, -0.05) is 11.6 Å². The first-order valence-corrected chi connectivity index (χ1v) is 4.91. The third-order valence-corrected chi connectivity index (χ3v) is 2.29. The summed E-state index contributed by atoms with van der Waals surface area (Å²) in [5, 5.41) is 0.450. The third-order valence-electron chi connectivity index (χ3n) is 2.09. The third kappa shape index (κ3) is 2.45. The predicted molar refractivity (Wildman–Crippen MR) is 52.3 cm³/mol. The molecule has 74 valence electrons. The number of aromatic nitrogens is 1. The highest BCUT2D eigenvalue weighted by atomic mass is 35.5. The molecule has 3 nitrogen and oxygen atoms in total. The first-order valence-electron chi connectivity index (χ1n) is 4.53. The van der Waals surface area contributed by atoms with Gasteiger partial charge in [0.2, 0.25) is 0 Å². The van der Waals surface area contributed by atoms with Gasteiger partial charge in [-0.05, 0) is 24.8 Å². The second-order valence-electron chi connectivity index (χ2n) is 3.43. The minimum Gasteiger partial charge on any atom is -0.462 e. The van der Waals surface area contributed by atoms with E-state index in [1.165, 1.54) is 25.2 Å². The monoisotopic (exact) mass is 211 g/mol. The van der Waals surface area contributed by atoms with Crippen LogP contribution in [-0.4, -0.2) is 17.6 Å². The maximum absolute atomic E-state index is 11.4. The Morgan fingerprint density at radius 1 is 1.57 bits per heavy atom. The fourth-order valence-electron chi connectivity index (χ4n) is 1.08. The van der Waals surface area contributed by atoms with E-state index in [1.54, 1.807) is 6.07 Å². The average Bonchev–Trinajstić information content (AvgIpc) is 2.97. The molecule has 1 saturated carbocycles. The summed E-state index contributed by atoms with van der Waals surface area (Å²) >= 11 is 5.69. The number of carbonyl (C=O) groups excluding carboxylic acids is 1. The van der Waals surface area contributed by atoms with E-state index >= 15 is 0 Å². The molecule has 1 fully saturated rings. The quantitative estimate of drug-likeness (QED) is 0.721. The van der Waals surface area contributed by atoms with Gasteiger partial charge < -0.3 is 4.74 Å². The number of ether oxygens (including phenoxy) is 1. The molecule has 4 heteroatoms. The maximum Gasteiger partial charge on any atom is 0.339 e. The SMILES string of the molecule is O=C(OCC1CC1)c1cncc(Cl)c1. The van der Waals surface area contributed by atoms with Crippen LogP contribution in [0.4, 0.5) is 0 Å². The van der Waals surface area contributed by atoms with Crippen LogP contribution in [0.15, 0.2) is 18.5 Å². The molecule has 1 aliphatic carbocycles. The lowest BCUT2D eigenvalue weighted by Crippen LogP contribution is -2.07. The minimum atomic E-state index is -0.341. The van der Waals surface area contributed by atoms with Crippen molar-refractivity contribution in [2.75, 3.05) is 6.61 Å². The van der Waals surface area contributed by atoms with Crippen molar-refractivity contribution in [1.29, 1.82) is 0 Å². The molecule has 0 unspecified atom stereocenters. The van der Waals surface area contributed by atoms with Gasteiger partial charge in [-0.3, -0.25) is 4.98 Å². The van der Waals surface area contributed by atoms with Gasteiger partial charge in [-0.2, -0.15) is 0 Å². The second-order valence-corrected chi connectivity index (χ2v) is 3.87. The van der Waals surface area contributed by atoms with Gasteiger partial charge in [0.1, 0.15) is 0 Å². The molecule has 0 bridgehead atoms. The molecule has 1 aromatic heterocycles. The van der Waals surface area contributed by atoms with Crippen LogP contribution in [-0.2, 0) is 4.74 Å². The van der Waals surface area contributed by atoms with Crippen LogP contribution in [0.3, 0.4) is 0 Å². The van der Waals surface area contributed by atoms with Gasteiger partial charge in [0, 0.05) is 12.4 Å². The molecule has 0 aromatic carbocycles. The molecule has 0 atom stereocenters. The van der Waals surface area contributed by atoms with E-state index in [0.717, 1.165) is 0 Å². The smallest absolute Gasteiger partial charge is 0.339 e. The summed E-state index contributed by atoms with van der Waals surface area (Å²) in [6.07, 6.45) is 5.28. The number of nitrogens with zero attached hydrogens (tertiary/aromatic N) is 1. The van der Waals surface area contributed by atoms with Gasteiger partial charge in [-0.25, -0.2) is 4.79 Å². The van der Waals surface area contributed by atoms with E-state index < -0.39 is 0 Å². The summed E-state index contributed by atoms with van der Waals surface area (Å²) in [5.74, 6) is 0.234. The molecule has 1 aromatic rings. The van der Waals surface area contributed by atoms with Gasteiger partial charge in [0.15, 0.2) is 0 Å². The van der Waals surface area contributed by atoms with Crippen LogP contribution in [0, 0.1) is 5.92 Å². The number of halogens is 1. The number of hydrogen-bond acceptors (Lipinski definition) is 3. The van der Waals surface area contributed by atoms with Crippen LogP contribution in [0.5, 0.6) is 0 Å². The number of carbonyl (C=O) groups is 1. The van der Waals surface area contributed by atoms with E-state index in [4.69, 9.17) is 16.3 Å². The first-order chi connectivity index (χ1) is 6.75. The maximum atomic E-state index is 11.4. The average molecular weight is 212 g/mol. The second kappa shape index (κ2) is 3.96. The number of hydrogen-bond donors (Lipinski definition) is 0. The Balaban J connectivity index is 1.95. The topological polar surface area (TPSA) is 39.2 Å². The predicted octanol–water partition coefficient (Wildman–Crippen LogP) is 2.30. The Hall–Kier alpha value is -1.09. The lowest BCUT2D eigenvalue weighted by Gasteiger charge is -2.02. The molecular weight excluding hydrogens is 202 g/mol. The molecule has 14 heavy (non-hydrogen) atoms. The summed E-state index contributed by atoms with van der Waals surface area (Å²) in [4.78, 5) is 15.2. The van der Waals surface area contributed by atoms with Crippen LogP contribution in [0.2, 0.25) is 5.02 Å². The summed E-state index contributed by atoms with van der Waals surface area (Å²) in [7, 11) is 0. The zero-order valence-corrected chi connectivity index (χ0v) is 8.33. The lowest BCUT2D eigenvalue weighted by molar-refractivity contribution is 0.0485. The van der Waals surface area contributed by atoms with Crippen LogP contribution >= 0.6 is 11.6 Å². The van der Waals surface area contributed by atoms with E-state index in [-0.39, 0.29) is 5.97 Å². The number of esters is 1. The normalized spacial score (nSPS) is 15.2. The zero-order chi connectivity index (χ0) is 9.97. The van der Waals surface area contributed by atoms with E-state index in [0.29, 0.717) is 23.1 Å². The number of rotatable bonds is 3. The van der Waals surface area contributed by atoms with Crippen molar-refractivity contribution in [2.24, 2.45) is 5.92 Å². The van der Waals surface area contributed by atoms with E-state index in [1.807, 2.05) is 0 Å². The largest absolute Gasteiger partial charge is 0.462 e. The molecule has 0 spiro atoms. The Labute approximate surface area is 87.0 Å². The van der Waals surface area contributed by atoms with Gasteiger partial charge >= 0.3 is 5.97 Å². The molecule has 1 aliphatic rings. The fraction of sp³-hybridized carbons (Fsp3) is 0.400. The Bertz CT molecular complexity index is 350. The number of pyridine rings is 1. The van der Waals surface area contributed by atoms with Crippen molar-refractivity contribution in [3.63, 3.8) is 0 Å². The summed E-state index contributed by atoms with van der Waals surface area (Å²) in [5.41, 5.74) is 0.415. The van der Waals surface area contributed by atoms with Crippen LogP contribution in [0.25, 0.3) is 0 Å². The highest BCUT2D eigenvalue weighted by molar-refractivity contribution is 6.30. The Morgan fingerprint density at radius 2 is 2.36 bits per heavy atom. The Kier molecular flexibility index (Phi) is 2.68. The van der Waals surface area contributed by atoms with Gasteiger partial charge in [0.05, 0.1) is 17.2 Å². The standard InChI is InChI=1S/C10H10ClNO2/c11-9-3-8(4-12-5-9)10(13)14-6-7-1-2-7/h3-5,7H,1-2,6H2. The molecule has 0 N–H and O–H groups in total. The fourth-order valence-corrected chi connectivity index (χ4v) is 1.26. The molecule has 0 aliphatic heterocycles. The molecule has 2 rings (SSSR count). The van der Waals surface area contributed by atoms with E-state index in [9.17, 15) is 4.79 Å². The highest BCUT2D eigenvalue weighted by Gasteiger charge is 2.23. The van der Waals surface area contributed by atoms with Crippen LogP contribution in [0.1, 0.15) is 23.2 Å². The zero-order valence-electron chi connectivity index (χ0n) is 7.57. The van der Waals surface area contributed by atoms with Crippen molar-refractivity contribution in [3.8, 4) is 0 Å². The van der Waals surface area contributed by atoms with Crippen molar-refractivity contribution in [2.45, 2.75) is 12.8 Å². The summed E-state index contributed by atoms with van der Waals surface area (Å²) < 4.78 is 5.07. The first kappa shape index (κ1) is 9.46. The summed E-state index contributed by atoms with van der Waals surface area (Å²) in [6.45, 7) is 0.519. The minimum absolute atomic E-state index is 0.341. The van der Waals surface area contributed by atoms with Crippen molar-refractivity contribution >= 4 is 17.6 Å². The molecule has 0 saturated heterocycles. The van der Waals surface area contributed by atoms with Crippen molar-refractivity contribution in [3.05, 3.63) is 29.0 Å². The molecule has 1 heterocycles. The van der Waals surface area contributed by atoms with Crippen molar-refractivity contribution in [1.82, 2.24) is 4.98 Å². The van der Waals surface area contributed by atoms with Crippen LogP contribution < -0.4 is 0 Å². The Morgan fingerprint density at radius 3 is 3.00 bits per heavy atom. The highest BCUT2D eigenvalue weighted by Crippen LogP contribution is 2.29. The van der Waals surface area contributed by atoms with Crippen molar-refractivity contribution < 1.29 is 9.53 Å². The molecular formula is C10H10ClNO2. The summed E-state index contributed by atoms with van der Waals surface area (Å²) in [6, 6.07) is 1.56. The molecule has 0 amide bonds. The molecule has 0 radical (unpaired) electrons.